The molecule has 1 aromatic carbocycles. The molecule has 5 heteroatoms. The normalized spacial score (nSPS) is 16.5. The van der Waals surface area contributed by atoms with Gasteiger partial charge >= 0.3 is 0 Å². The molecule has 1 N–H and O–H groups in total. The Kier molecular flexibility index (Phi) is 6.02. The minimum atomic E-state index is 0.154. The first-order chi connectivity index (χ1) is 13.8. The second-order valence-electron chi connectivity index (χ2n) is 7.44. The fourth-order valence-corrected chi connectivity index (χ4v) is 3.90. The van der Waals surface area contributed by atoms with Crippen molar-refractivity contribution >= 4 is 16.8 Å². The molecular formula is C23H27N3O2. The van der Waals surface area contributed by atoms with Crippen LogP contribution in [0.5, 0.6) is 0 Å². The number of carbonyl (C=O) groups is 1. The highest BCUT2D eigenvalue weighted by molar-refractivity contribution is 5.83. The molecule has 3 heterocycles. The Morgan fingerprint density at radius 3 is 2.93 bits per heavy atom. The van der Waals surface area contributed by atoms with Gasteiger partial charge in [0.2, 0.25) is 5.91 Å². The molecule has 1 aliphatic heterocycles. The highest BCUT2D eigenvalue weighted by Crippen LogP contribution is 2.20. The van der Waals surface area contributed by atoms with E-state index in [9.17, 15) is 4.79 Å². The van der Waals surface area contributed by atoms with Gasteiger partial charge in [0, 0.05) is 42.9 Å². The van der Waals surface area contributed by atoms with Crippen molar-refractivity contribution in [3.63, 3.8) is 0 Å². The number of nitrogens with one attached hydrogen (secondary N) is 1. The summed E-state index contributed by atoms with van der Waals surface area (Å²) in [7, 11) is 0. The van der Waals surface area contributed by atoms with E-state index in [2.05, 4.69) is 34.4 Å². The van der Waals surface area contributed by atoms with E-state index in [1.165, 1.54) is 10.9 Å². The number of ether oxygens (including phenoxy) is 1. The predicted octanol–water partition coefficient (Wildman–Crippen LogP) is 4.09. The van der Waals surface area contributed by atoms with Crippen molar-refractivity contribution in [1.29, 1.82) is 0 Å². The summed E-state index contributed by atoms with van der Waals surface area (Å²) in [5.41, 5.74) is 3.35. The molecule has 1 amide bonds. The largest absolute Gasteiger partial charge is 0.376 e. The average Bonchev–Trinajstić information content (AvgIpc) is 3.38. The summed E-state index contributed by atoms with van der Waals surface area (Å²) in [6.07, 6.45) is 8.38. The van der Waals surface area contributed by atoms with Crippen LogP contribution in [0.4, 0.5) is 0 Å². The van der Waals surface area contributed by atoms with Crippen LogP contribution < -0.4 is 0 Å². The number of nitrogens with zero attached hydrogens (tertiary/aromatic N) is 2. The lowest BCUT2D eigenvalue weighted by Crippen LogP contribution is -2.37. The van der Waals surface area contributed by atoms with Gasteiger partial charge in [0.25, 0.3) is 0 Å². The summed E-state index contributed by atoms with van der Waals surface area (Å²) in [4.78, 5) is 22.6. The quantitative estimate of drug-likeness (QED) is 0.643. The molecule has 4 rings (SSSR count). The smallest absolute Gasteiger partial charge is 0.223 e. The van der Waals surface area contributed by atoms with Gasteiger partial charge in [-0.05, 0) is 49.4 Å². The monoisotopic (exact) mass is 377 g/mol. The molecule has 2 aromatic heterocycles. The van der Waals surface area contributed by atoms with Crippen LogP contribution in [0, 0.1) is 0 Å². The molecule has 1 saturated heterocycles. The molecule has 3 aromatic rings. The molecule has 0 spiro atoms. The number of aromatic amines is 1. The molecule has 146 valence electrons. The number of fused-ring (bicyclic) bond motifs is 1. The number of pyridine rings is 1. The first kappa shape index (κ1) is 18.7. The molecule has 5 nitrogen and oxygen atoms in total. The van der Waals surface area contributed by atoms with Crippen LogP contribution in [0.1, 0.15) is 36.9 Å². The maximum absolute atomic E-state index is 13.0. The first-order valence-corrected chi connectivity index (χ1v) is 10.1. The minimum Gasteiger partial charge on any atom is -0.376 e. The number of carbonyl (C=O) groups excluding carboxylic acids is 1. The van der Waals surface area contributed by atoms with Gasteiger partial charge in [0.05, 0.1) is 18.3 Å². The fraction of sp³-hybridized carbons (Fsp3) is 0.391. The number of aryl methyl sites for hydroxylation is 1. The van der Waals surface area contributed by atoms with E-state index in [-0.39, 0.29) is 12.0 Å². The molecule has 0 aliphatic carbocycles. The van der Waals surface area contributed by atoms with Crippen molar-refractivity contribution < 1.29 is 9.53 Å². The zero-order chi connectivity index (χ0) is 19.2. The van der Waals surface area contributed by atoms with E-state index < -0.39 is 0 Å². The molecule has 1 aliphatic rings. The Hall–Kier alpha value is -2.66. The van der Waals surface area contributed by atoms with Crippen molar-refractivity contribution in [3.8, 4) is 0 Å². The number of benzene rings is 1. The number of rotatable bonds is 8. The number of hydrogen-bond acceptors (Lipinski definition) is 3. The van der Waals surface area contributed by atoms with Crippen LogP contribution in [0.15, 0.2) is 54.9 Å². The van der Waals surface area contributed by atoms with E-state index in [0.29, 0.717) is 19.5 Å². The van der Waals surface area contributed by atoms with Gasteiger partial charge in [0.1, 0.15) is 0 Å². The highest BCUT2D eigenvalue weighted by atomic mass is 16.5. The summed E-state index contributed by atoms with van der Waals surface area (Å²) < 4.78 is 5.76. The Balaban J connectivity index is 1.36. The predicted molar refractivity (Wildman–Crippen MR) is 110 cm³/mol. The number of amides is 1. The molecule has 0 bridgehead atoms. The number of H-pyrrole nitrogens is 1. The Labute approximate surface area is 165 Å². The van der Waals surface area contributed by atoms with Crippen LogP contribution in [0.3, 0.4) is 0 Å². The Bertz CT molecular complexity index is 900. The third-order valence-corrected chi connectivity index (χ3v) is 5.39. The van der Waals surface area contributed by atoms with Gasteiger partial charge in [-0.25, -0.2) is 0 Å². The maximum Gasteiger partial charge on any atom is 0.223 e. The Morgan fingerprint density at radius 1 is 1.21 bits per heavy atom. The van der Waals surface area contributed by atoms with Gasteiger partial charge in [0.15, 0.2) is 0 Å². The lowest BCUT2D eigenvalue weighted by Gasteiger charge is -2.25. The van der Waals surface area contributed by atoms with Crippen molar-refractivity contribution in [2.45, 2.75) is 44.8 Å². The van der Waals surface area contributed by atoms with Gasteiger partial charge in [-0.15, -0.1) is 0 Å². The van der Waals surface area contributed by atoms with Crippen LogP contribution >= 0.6 is 0 Å². The van der Waals surface area contributed by atoms with Gasteiger partial charge < -0.3 is 14.6 Å². The van der Waals surface area contributed by atoms with Crippen LogP contribution in [-0.4, -0.2) is 40.0 Å². The second-order valence-corrected chi connectivity index (χ2v) is 7.44. The van der Waals surface area contributed by atoms with Gasteiger partial charge in [-0.2, -0.15) is 0 Å². The third-order valence-electron chi connectivity index (χ3n) is 5.39. The van der Waals surface area contributed by atoms with E-state index in [0.717, 1.165) is 43.5 Å². The number of aromatic nitrogens is 2. The molecule has 1 atom stereocenters. The molecule has 28 heavy (non-hydrogen) atoms. The van der Waals surface area contributed by atoms with E-state index in [1.54, 1.807) is 6.20 Å². The zero-order valence-electron chi connectivity index (χ0n) is 16.1. The average molecular weight is 377 g/mol. The summed E-state index contributed by atoms with van der Waals surface area (Å²) in [5, 5.41) is 1.25. The standard InChI is InChI=1S/C23H27N3O2/c27-23(12-5-7-18-15-25-22-11-2-1-10-21(18)22)26(17-20-9-6-14-28-20)16-19-8-3-4-13-24-19/h1-4,8,10-11,13,15,20,25H,5-7,9,12,14,16-17H2/t20-/m0/s1. The third kappa shape index (κ3) is 4.60. The van der Waals surface area contributed by atoms with Crippen LogP contribution in [0.25, 0.3) is 10.9 Å². The summed E-state index contributed by atoms with van der Waals surface area (Å²) in [5.74, 6) is 0.181. The van der Waals surface area contributed by atoms with Crippen LogP contribution in [-0.2, 0) is 22.5 Å². The zero-order valence-corrected chi connectivity index (χ0v) is 16.1. The molecule has 1 fully saturated rings. The topological polar surface area (TPSA) is 58.2 Å². The van der Waals surface area contributed by atoms with Gasteiger partial charge in [-0.1, -0.05) is 24.3 Å². The fourth-order valence-electron chi connectivity index (χ4n) is 3.90. The van der Waals surface area contributed by atoms with Crippen molar-refractivity contribution in [1.82, 2.24) is 14.9 Å². The van der Waals surface area contributed by atoms with E-state index in [4.69, 9.17) is 4.74 Å². The SMILES string of the molecule is O=C(CCCc1c[nH]c2ccccc12)N(Cc1ccccn1)C[C@@H]1CCCO1. The van der Waals surface area contributed by atoms with Crippen molar-refractivity contribution in [2.75, 3.05) is 13.2 Å². The van der Waals surface area contributed by atoms with Gasteiger partial charge in [-0.3, -0.25) is 9.78 Å². The number of hydrogen-bond donors (Lipinski definition) is 1. The maximum atomic E-state index is 13.0. The summed E-state index contributed by atoms with van der Waals surface area (Å²) >= 11 is 0. The molecule has 0 radical (unpaired) electrons. The molecular weight excluding hydrogens is 350 g/mol. The molecule has 0 saturated carbocycles. The minimum absolute atomic E-state index is 0.154. The Morgan fingerprint density at radius 2 is 2.11 bits per heavy atom. The molecule has 0 unspecified atom stereocenters. The van der Waals surface area contributed by atoms with Crippen molar-refractivity contribution in [3.05, 3.63) is 66.1 Å². The first-order valence-electron chi connectivity index (χ1n) is 10.1. The van der Waals surface area contributed by atoms with E-state index >= 15 is 0 Å². The lowest BCUT2D eigenvalue weighted by atomic mass is 10.1. The van der Waals surface area contributed by atoms with E-state index in [1.807, 2.05) is 29.2 Å². The summed E-state index contributed by atoms with van der Waals surface area (Å²) in [6, 6.07) is 14.1. The highest BCUT2D eigenvalue weighted by Gasteiger charge is 2.23. The second kappa shape index (κ2) is 9.02. The number of para-hydroxylation sites is 1. The summed E-state index contributed by atoms with van der Waals surface area (Å²) in [6.45, 7) is 2.01. The van der Waals surface area contributed by atoms with Crippen molar-refractivity contribution in [2.24, 2.45) is 0 Å². The lowest BCUT2D eigenvalue weighted by molar-refractivity contribution is -0.133. The van der Waals surface area contributed by atoms with Crippen LogP contribution in [0.2, 0.25) is 0 Å².